The Balaban J connectivity index is 2.28. The lowest BCUT2D eigenvalue weighted by molar-refractivity contribution is -0.123. The van der Waals surface area contributed by atoms with E-state index in [1.807, 2.05) is 27.7 Å². The number of hydrogen-bond acceptors (Lipinski definition) is 9. The minimum absolute atomic E-state index is 0.0434. The SMILES string of the molecule is CCOc1ccc([C@H](C(=O)NC(C)(C)C)N(C(=O)c2snc(C(N)=O)c2N)c2ccc(OC)c(OC)c2)cc1. The van der Waals surface area contributed by atoms with Gasteiger partial charge in [0.05, 0.1) is 26.5 Å². The molecule has 0 saturated carbocycles. The minimum atomic E-state index is -1.16. The van der Waals surface area contributed by atoms with Gasteiger partial charge in [0.15, 0.2) is 17.2 Å². The molecular formula is C27H33N5O6S. The van der Waals surface area contributed by atoms with Crippen LogP contribution >= 0.6 is 11.5 Å². The van der Waals surface area contributed by atoms with Gasteiger partial charge in [0.2, 0.25) is 5.91 Å². The molecule has 0 spiro atoms. The maximum atomic E-state index is 14.2. The molecule has 0 unspecified atom stereocenters. The second kappa shape index (κ2) is 12.0. The fourth-order valence-corrected chi connectivity index (χ4v) is 4.61. The Morgan fingerprint density at radius 1 is 1.05 bits per heavy atom. The quantitative estimate of drug-likeness (QED) is 0.343. The van der Waals surface area contributed by atoms with E-state index in [9.17, 15) is 14.4 Å². The van der Waals surface area contributed by atoms with Gasteiger partial charge in [0.25, 0.3) is 11.8 Å². The predicted octanol–water partition coefficient (Wildman–Crippen LogP) is 3.54. The summed E-state index contributed by atoms with van der Waals surface area (Å²) in [6.07, 6.45) is 0. The lowest BCUT2D eigenvalue weighted by Crippen LogP contribution is -2.49. The number of methoxy groups -OCH3 is 2. The van der Waals surface area contributed by atoms with Crippen LogP contribution in [0.5, 0.6) is 17.2 Å². The van der Waals surface area contributed by atoms with Crippen LogP contribution in [0.25, 0.3) is 0 Å². The number of carbonyl (C=O) groups excluding carboxylic acids is 3. The molecule has 0 aliphatic rings. The van der Waals surface area contributed by atoms with Crippen LogP contribution < -0.4 is 35.9 Å². The van der Waals surface area contributed by atoms with Gasteiger partial charge in [-0.15, -0.1) is 0 Å². The van der Waals surface area contributed by atoms with Crippen molar-refractivity contribution in [1.29, 1.82) is 0 Å². The minimum Gasteiger partial charge on any atom is -0.494 e. The van der Waals surface area contributed by atoms with Crippen molar-refractivity contribution in [2.45, 2.75) is 39.3 Å². The summed E-state index contributed by atoms with van der Waals surface area (Å²) in [4.78, 5) is 41.1. The molecule has 3 amide bonds. The summed E-state index contributed by atoms with van der Waals surface area (Å²) in [5, 5.41) is 2.97. The summed E-state index contributed by atoms with van der Waals surface area (Å²) in [6, 6.07) is 10.5. The molecule has 0 fully saturated rings. The number of amides is 3. The zero-order valence-electron chi connectivity index (χ0n) is 22.7. The number of nitrogen functional groups attached to an aromatic ring is 1. The second-order valence-corrected chi connectivity index (χ2v) is 10.3. The molecule has 11 nitrogen and oxygen atoms in total. The van der Waals surface area contributed by atoms with Crippen molar-refractivity contribution in [3.8, 4) is 17.2 Å². The predicted molar refractivity (Wildman–Crippen MR) is 150 cm³/mol. The molecule has 1 heterocycles. The maximum Gasteiger partial charge on any atom is 0.273 e. The fourth-order valence-electron chi connectivity index (χ4n) is 3.87. The number of carbonyl (C=O) groups is 3. The van der Waals surface area contributed by atoms with Gasteiger partial charge in [0, 0.05) is 17.3 Å². The van der Waals surface area contributed by atoms with Crippen LogP contribution in [0.4, 0.5) is 11.4 Å². The average Bonchev–Trinajstić information content (AvgIpc) is 3.27. The van der Waals surface area contributed by atoms with Gasteiger partial charge in [-0.25, -0.2) is 0 Å². The van der Waals surface area contributed by atoms with Crippen molar-refractivity contribution in [3.63, 3.8) is 0 Å². The van der Waals surface area contributed by atoms with Crippen molar-refractivity contribution in [2.75, 3.05) is 31.5 Å². The molecule has 5 N–H and O–H groups in total. The van der Waals surface area contributed by atoms with Crippen LogP contribution in [0.2, 0.25) is 0 Å². The largest absolute Gasteiger partial charge is 0.494 e. The number of hydrogen-bond donors (Lipinski definition) is 3. The molecule has 3 aromatic rings. The zero-order chi connectivity index (χ0) is 28.9. The smallest absolute Gasteiger partial charge is 0.273 e. The van der Waals surface area contributed by atoms with Crippen LogP contribution in [-0.2, 0) is 4.79 Å². The van der Waals surface area contributed by atoms with Crippen molar-refractivity contribution in [3.05, 3.63) is 58.6 Å². The molecular weight excluding hydrogens is 522 g/mol. The summed E-state index contributed by atoms with van der Waals surface area (Å²) >= 11 is 0.725. The Labute approximate surface area is 231 Å². The fraction of sp³-hybridized carbons (Fsp3) is 0.333. The first-order valence-corrected chi connectivity index (χ1v) is 12.8. The van der Waals surface area contributed by atoms with Crippen molar-refractivity contribution in [2.24, 2.45) is 5.73 Å². The van der Waals surface area contributed by atoms with Crippen molar-refractivity contribution in [1.82, 2.24) is 9.69 Å². The third kappa shape index (κ3) is 6.58. The van der Waals surface area contributed by atoms with E-state index in [1.165, 1.54) is 19.1 Å². The zero-order valence-corrected chi connectivity index (χ0v) is 23.5. The van der Waals surface area contributed by atoms with Crippen LogP contribution in [0, 0.1) is 0 Å². The normalized spacial score (nSPS) is 11.8. The molecule has 2 aromatic carbocycles. The number of ether oxygens (including phenoxy) is 3. The van der Waals surface area contributed by atoms with E-state index in [0.29, 0.717) is 35.1 Å². The second-order valence-electron chi connectivity index (χ2n) is 9.50. The van der Waals surface area contributed by atoms with Gasteiger partial charge in [-0.2, -0.15) is 4.37 Å². The number of nitrogens with one attached hydrogen (secondary N) is 1. The molecule has 1 atom stereocenters. The molecule has 3 rings (SSSR count). The van der Waals surface area contributed by atoms with Crippen molar-refractivity contribution < 1.29 is 28.6 Å². The van der Waals surface area contributed by atoms with Crippen LogP contribution in [0.1, 0.15) is 59.5 Å². The molecule has 0 saturated heterocycles. The highest BCUT2D eigenvalue weighted by atomic mass is 32.1. The number of rotatable bonds is 10. The number of nitrogens with two attached hydrogens (primary N) is 2. The molecule has 12 heteroatoms. The van der Waals surface area contributed by atoms with Crippen LogP contribution in [0.3, 0.4) is 0 Å². The third-order valence-electron chi connectivity index (χ3n) is 5.53. The standard InChI is InChI=1S/C27H33N5O6S/c1-7-38-17-11-8-15(9-12-17)22(25(34)30-27(2,3)4)32(16-10-13-18(36-5)19(14-16)37-6)26(35)23-20(28)21(24(29)33)31-39-23/h8-14,22H,7,28H2,1-6H3,(H2,29,33)(H,30,34)/t22-/m1/s1. The summed E-state index contributed by atoms with van der Waals surface area (Å²) in [6.45, 7) is 7.84. The summed E-state index contributed by atoms with van der Waals surface area (Å²) in [7, 11) is 2.95. The summed E-state index contributed by atoms with van der Waals surface area (Å²) < 4.78 is 20.4. The van der Waals surface area contributed by atoms with Gasteiger partial charge in [-0.3, -0.25) is 19.3 Å². The molecule has 0 bridgehead atoms. The molecule has 39 heavy (non-hydrogen) atoms. The molecule has 0 radical (unpaired) electrons. The number of aromatic nitrogens is 1. The van der Waals surface area contributed by atoms with Gasteiger partial charge < -0.3 is 31.0 Å². The van der Waals surface area contributed by atoms with E-state index in [-0.39, 0.29) is 16.3 Å². The van der Waals surface area contributed by atoms with Gasteiger partial charge >= 0.3 is 0 Å². The highest BCUT2D eigenvalue weighted by Gasteiger charge is 2.37. The lowest BCUT2D eigenvalue weighted by atomic mass is 10.00. The van der Waals surface area contributed by atoms with E-state index in [1.54, 1.807) is 42.5 Å². The number of nitrogens with zero attached hydrogens (tertiary/aromatic N) is 2. The Hall–Kier alpha value is -4.32. The Bertz CT molecular complexity index is 1350. The van der Waals surface area contributed by atoms with E-state index in [4.69, 9.17) is 25.7 Å². The van der Waals surface area contributed by atoms with Crippen LogP contribution in [-0.4, -0.2) is 48.5 Å². The Kier molecular flexibility index (Phi) is 9.02. The van der Waals surface area contributed by atoms with E-state index in [2.05, 4.69) is 9.69 Å². The molecule has 0 aliphatic heterocycles. The molecule has 0 aliphatic carbocycles. The summed E-state index contributed by atoms with van der Waals surface area (Å²) in [5.41, 5.74) is 11.3. The monoisotopic (exact) mass is 555 g/mol. The Morgan fingerprint density at radius 2 is 1.69 bits per heavy atom. The average molecular weight is 556 g/mol. The first-order chi connectivity index (χ1) is 18.4. The number of primary amides is 1. The summed E-state index contributed by atoms with van der Waals surface area (Å²) in [5.74, 6) is -0.601. The Morgan fingerprint density at radius 3 is 2.21 bits per heavy atom. The lowest BCUT2D eigenvalue weighted by Gasteiger charge is -2.34. The maximum absolute atomic E-state index is 14.2. The van der Waals surface area contributed by atoms with Crippen LogP contribution in [0.15, 0.2) is 42.5 Å². The third-order valence-corrected chi connectivity index (χ3v) is 6.38. The number of benzene rings is 2. The van der Waals surface area contributed by atoms with E-state index >= 15 is 0 Å². The van der Waals surface area contributed by atoms with Crippen molar-refractivity contribution >= 4 is 40.6 Å². The number of anilines is 2. The van der Waals surface area contributed by atoms with Gasteiger partial charge in [-0.05, 0) is 69.1 Å². The highest BCUT2D eigenvalue weighted by molar-refractivity contribution is 7.09. The first kappa shape index (κ1) is 29.2. The van der Waals surface area contributed by atoms with E-state index < -0.39 is 29.3 Å². The highest BCUT2D eigenvalue weighted by Crippen LogP contribution is 2.38. The molecule has 208 valence electrons. The van der Waals surface area contributed by atoms with Gasteiger partial charge in [-0.1, -0.05) is 12.1 Å². The first-order valence-electron chi connectivity index (χ1n) is 12.1. The van der Waals surface area contributed by atoms with E-state index in [0.717, 1.165) is 11.5 Å². The van der Waals surface area contributed by atoms with Gasteiger partial charge in [0.1, 0.15) is 16.7 Å². The topological polar surface area (TPSA) is 159 Å². The molecule has 1 aromatic heterocycles.